The van der Waals surface area contributed by atoms with E-state index in [1.807, 2.05) is 6.07 Å². The number of H-pyrrole nitrogens is 1. The van der Waals surface area contributed by atoms with Crippen LogP contribution in [0.5, 0.6) is 0 Å². The number of amides is 2. The summed E-state index contributed by atoms with van der Waals surface area (Å²) in [6.45, 7) is 9.65. The fourth-order valence-corrected chi connectivity index (χ4v) is 5.78. The van der Waals surface area contributed by atoms with Crippen LogP contribution in [0, 0.1) is 10.8 Å². The van der Waals surface area contributed by atoms with E-state index >= 15 is 0 Å². The SMILES string of the molecule is CC1(C)CC(N=C=O)CC(C)(CNC(=O)Nc2n[nH]c3c2CCN(Cc2ccccc2)C3)C1. The zero-order valence-electron chi connectivity index (χ0n) is 19.8. The van der Waals surface area contributed by atoms with Gasteiger partial charge in [-0.25, -0.2) is 14.6 Å². The van der Waals surface area contributed by atoms with E-state index in [1.54, 1.807) is 6.08 Å². The largest absolute Gasteiger partial charge is 0.337 e. The van der Waals surface area contributed by atoms with Gasteiger partial charge in [-0.15, -0.1) is 0 Å². The molecule has 2 aromatic rings. The summed E-state index contributed by atoms with van der Waals surface area (Å²) >= 11 is 0. The van der Waals surface area contributed by atoms with E-state index in [0.717, 1.165) is 56.6 Å². The quantitative estimate of drug-likeness (QED) is 0.457. The maximum atomic E-state index is 12.7. The summed E-state index contributed by atoms with van der Waals surface area (Å²) in [5.74, 6) is 0.611. The Morgan fingerprint density at radius 2 is 2.06 bits per heavy atom. The van der Waals surface area contributed by atoms with Crippen LogP contribution in [0.25, 0.3) is 0 Å². The van der Waals surface area contributed by atoms with Crippen LogP contribution in [0.1, 0.15) is 56.9 Å². The Hall–Kier alpha value is -2.96. The third-order valence-electron chi connectivity index (χ3n) is 6.83. The lowest BCUT2D eigenvalue weighted by Gasteiger charge is -2.45. The molecule has 1 fully saturated rings. The molecule has 3 N–H and O–H groups in total. The lowest BCUT2D eigenvalue weighted by atomic mass is 9.63. The molecule has 0 spiro atoms. The summed E-state index contributed by atoms with van der Waals surface area (Å²) in [5.41, 5.74) is 3.36. The highest BCUT2D eigenvalue weighted by Gasteiger charge is 2.41. The monoisotopic (exact) mass is 450 g/mol. The predicted molar refractivity (Wildman–Crippen MR) is 128 cm³/mol. The van der Waals surface area contributed by atoms with Gasteiger partial charge in [-0.05, 0) is 42.1 Å². The highest BCUT2D eigenvalue weighted by atomic mass is 16.2. The first-order valence-electron chi connectivity index (χ1n) is 11.7. The van der Waals surface area contributed by atoms with Crippen molar-refractivity contribution in [1.82, 2.24) is 20.4 Å². The number of hydrogen-bond acceptors (Lipinski definition) is 5. The molecule has 1 aliphatic carbocycles. The smallest absolute Gasteiger partial charge is 0.320 e. The Labute approximate surface area is 195 Å². The molecule has 8 nitrogen and oxygen atoms in total. The molecule has 2 amide bonds. The Morgan fingerprint density at radius 1 is 1.27 bits per heavy atom. The maximum absolute atomic E-state index is 12.7. The van der Waals surface area contributed by atoms with Gasteiger partial charge in [-0.2, -0.15) is 5.10 Å². The molecule has 0 bridgehead atoms. The van der Waals surface area contributed by atoms with Gasteiger partial charge in [0.1, 0.15) is 0 Å². The molecule has 33 heavy (non-hydrogen) atoms. The molecular weight excluding hydrogens is 416 g/mol. The second-order valence-corrected chi connectivity index (χ2v) is 10.7. The minimum atomic E-state index is -0.254. The number of urea groups is 1. The van der Waals surface area contributed by atoms with Crippen LogP contribution in [0.2, 0.25) is 0 Å². The van der Waals surface area contributed by atoms with Crippen molar-refractivity contribution in [1.29, 1.82) is 0 Å². The minimum absolute atomic E-state index is 0.0432. The minimum Gasteiger partial charge on any atom is -0.337 e. The molecule has 2 heterocycles. The van der Waals surface area contributed by atoms with Gasteiger partial charge in [0.2, 0.25) is 6.08 Å². The summed E-state index contributed by atoms with van der Waals surface area (Å²) in [5, 5.41) is 13.4. The van der Waals surface area contributed by atoms with Crippen LogP contribution >= 0.6 is 0 Å². The summed E-state index contributed by atoms with van der Waals surface area (Å²) < 4.78 is 0. The first kappa shape index (κ1) is 23.2. The van der Waals surface area contributed by atoms with E-state index in [2.05, 4.69) is 75.8 Å². The number of aromatic amines is 1. The number of aromatic nitrogens is 2. The molecule has 176 valence electrons. The van der Waals surface area contributed by atoms with Gasteiger partial charge in [0.05, 0.1) is 11.7 Å². The van der Waals surface area contributed by atoms with Crippen LogP contribution in [-0.2, 0) is 24.3 Å². The second-order valence-electron chi connectivity index (χ2n) is 10.7. The number of isocyanates is 1. The summed E-state index contributed by atoms with van der Waals surface area (Å²) in [7, 11) is 0. The molecule has 1 saturated carbocycles. The van der Waals surface area contributed by atoms with Crippen molar-refractivity contribution in [3.8, 4) is 0 Å². The topological polar surface area (TPSA) is 102 Å². The number of carbonyl (C=O) groups excluding carboxylic acids is 2. The molecule has 2 unspecified atom stereocenters. The van der Waals surface area contributed by atoms with E-state index in [0.29, 0.717) is 12.4 Å². The molecule has 1 aromatic carbocycles. The van der Waals surface area contributed by atoms with Gasteiger partial charge in [0.15, 0.2) is 5.82 Å². The van der Waals surface area contributed by atoms with Crippen LogP contribution in [-0.4, -0.2) is 46.3 Å². The van der Waals surface area contributed by atoms with Crippen LogP contribution in [0.15, 0.2) is 35.3 Å². The highest BCUT2D eigenvalue weighted by molar-refractivity contribution is 5.89. The fraction of sp³-hybridized carbons (Fsp3) is 0.560. The zero-order valence-corrected chi connectivity index (χ0v) is 19.8. The Balaban J connectivity index is 1.32. The maximum Gasteiger partial charge on any atom is 0.320 e. The van der Waals surface area contributed by atoms with Crippen molar-refractivity contribution in [2.75, 3.05) is 18.4 Å². The van der Waals surface area contributed by atoms with Gasteiger partial charge >= 0.3 is 6.03 Å². The predicted octanol–water partition coefficient (Wildman–Crippen LogP) is 4.01. The number of anilines is 1. The number of hydrogen-bond donors (Lipinski definition) is 3. The van der Waals surface area contributed by atoms with Gasteiger partial charge in [-0.1, -0.05) is 51.1 Å². The van der Waals surface area contributed by atoms with E-state index in [4.69, 9.17) is 0 Å². The van der Waals surface area contributed by atoms with E-state index in [1.165, 1.54) is 5.56 Å². The van der Waals surface area contributed by atoms with Crippen LogP contribution < -0.4 is 10.6 Å². The van der Waals surface area contributed by atoms with Crippen LogP contribution in [0.4, 0.5) is 10.6 Å². The van der Waals surface area contributed by atoms with Crippen LogP contribution in [0.3, 0.4) is 0 Å². The Bertz CT molecular complexity index is 1030. The number of nitrogens with zero attached hydrogens (tertiary/aromatic N) is 3. The van der Waals surface area contributed by atoms with Gasteiger partial charge in [-0.3, -0.25) is 15.3 Å². The fourth-order valence-electron chi connectivity index (χ4n) is 5.78. The molecule has 8 heteroatoms. The number of fused-ring (bicyclic) bond motifs is 1. The number of benzene rings is 1. The van der Waals surface area contributed by atoms with Crippen molar-refractivity contribution in [2.45, 2.75) is 65.6 Å². The highest BCUT2D eigenvalue weighted by Crippen LogP contribution is 2.46. The van der Waals surface area contributed by atoms with Gasteiger partial charge in [0, 0.05) is 31.7 Å². The molecule has 0 saturated heterocycles. The molecular formula is C25H34N6O2. The van der Waals surface area contributed by atoms with Crippen molar-refractivity contribution in [3.63, 3.8) is 0 Å². The molecule has 2 atom stereocenters. The normalized spacial score (nSPS) is 24.4. The second kappa shape index (κ2) is 9.49. The van der Waals surface area contributed by atoms with Crippen molar-refractivity contribution >= 4 is 17.9 Å². The van der Waals surface area contributed by atoms with E-state index < -0.39 is 0 Å². The average molecular weight is 451 g/mol. The number of nitrogens with one attached hydrogen (secondary N) is 3. The Kier molecular flexibility index (Phi) is 6.68. The zero-order chi connectivity index (χ0) is 23.5. The third-order valence-corrected chi connectivity index (χ3v) is 6.83. The molecule has 2 aliphatic rings. The summed E-state index contributed by atoms with van der Waals surface area (Å²) in [6, 6.07) is 10.1. The number of carbonyl (C=O) groups is 1. The number of aliphatic imine (C=N–C) groups is 1. The molecule has 4 rings (SSSR count). The van der Waals surface area contributed by atoms with Crippen molar-refractivity contribution in [2.24, 2.45) is 15.8 Å². The lowest BCUT2D eigenvalue weighted by Crippen LogP contribution is -2.45. The number of rotatable bonds is 6. The van der Waals surface area contributed by atoms with E-state index in [9.17, 15) is 9.59 Å². The standard InChI is InChI=1S/C25H34N6O2/c1-24(2)11-19(27-17-32)12-25(3,15-24)16-26-23(33)28-22-20-9-10-31(14-21(20)29-30-22)13-18-7-5-4-6-8-18/h4-8,19H,9-16H2,1-3H3,(H3,26,28,29,30,33). The first-order chi connectivity index (χ1) is 15.8. The van der Waals surface area contributed by atoms with E-state index in [-0.39, 0.29) is 22.9 Å². The van der Waals surface area contributed by atoms with Gasteiger partial charge < -0.3 is 5.32 Å². The lowest BCUT2D eigenvalue weighted by molar-refractivity contribution is 0.0855. The summed E-state index contributed by atoms with van der Waals surface area (Å²) in [4.78, 5) is 29.8. The molecule has 1 aliphatic heterocycles. The van der Waals surface area contributed by atoms with Crippen molar-refractivity contribution < 1.29 is 9.59 Å². The Morgan fingerprint density at radius 3 is 2.82 bits per heavy atom. The first-order valence-corrected chi connectivity index (χ1v) is 11.7. The molecule has 1 aromatic heterocycles. The average Bonchev–Trinajstić information content (AvgIpc) is 3.14. The third kappa shape index (κ3) is 5.89. The van der Waals surface area contributed by atoms with Gasteiger partial charge in [0.25, 0.3) is 0 Å². The summed E-state index contributed by atoms with van der Waals surface area (Å²) in [6.07, 6.45) is 5.14. The van der Waals surface area contributed by atoms with Crippen molar-refractivity contribution in [3.05, 3.63) is 47.2 Å². The molecule has 0 radical (unpaired) electrons.